The molecule has 0 aliphatic carbocycles. The zero-order valence-corrected chi connectivity index (χ0v) is 19.2. The third-order valence-electron chi connectivity index (χ3n) is 6.28. The highest BCUT2D eigenvalue weighted by Gasteiger charge is 2.32. The topological polar surface area (TPSA) is 113 Å². The van der Waals surface area contributed by atoms with Gasteiger partial charge in [-0.2, -0.15) is 9.40 Å². The van der Waals surface area contributed by atoms with E-state index in [1.165, 1.54) is 10.4 Å². The molecule has 33 heavy (non-hydrogen) atoms. The van der Waals surface area contributed by atoms with Crippen molar-refractivity contribution >= 4 is 26.8 Å². The number of hydrogen-bond acceptors (Lipinski definition) is 5. The molecular weight excluding hydrogens is 440 g/mol. The Morgan fingerprint density at radius 3 is 2.94 bits per heavy atom. The minimum atomic E-state index is -3.76. The van der Waals surface area contributed by atoms with E-state index in [-0.39, 0.29) is 17.3 Å². The summed E-state index contributed by atoms with van der Waals surface area (Å²) in [5.74, 6) is -0.335. The van der Waals surface area contributed by atoms with Crippen LogP contribution in [0.4, 0.5) is 0 Å². The molecule has 1 aliphatic rings. The second kappa shape index (κ2) is 8.13. The molecule has 5 rings (SSSR count). The van der Waals surface area contributed by atoms with Crippen LogP contribution >= 0.6 is 0 Å². The highest BCUT2D eigenvalue weighted by molar-refractivity contribution is 7.89. The van der Waals surface area contributed by atoms with Crippen molar-refractivity contribution in [1.82, 2.24) is 29.4 Å². The molecule has 10 heteroatoms. The van der Waals surface area contributed by atoms with Crippen LogP contribution in [0.3, 0.4) is 0 Å². The van der Waals surface area contributed by atoms with Gasteiger partial charge in [0.1, 0.15) is 10.6 Å². The van der Waals surface area contributed by atoms with Crippen molar-refractivity contribution in [2.24, 2.45) is 7.05 Å². The number of rotatable bonds is 5. The largest absolute Gasteiger partial charge is 0.347 e. The molecule has 1 aromatic carbocycles. The van der Waals surface area contributed by atoms with Crippen LogP contribution in [0.2, 0.25) is 0 Å². The average Bonchev–Trinajstić information content (AvgIpc) is 3.41. The third kappa shape index (κ3) is 3.70. The maximum atomic E-state index is 13.4. The number of nitrogens with zero attached hydrogens (tertiary/aromatic N) is 4. The molecule has 1 aliphatic heterocycles. The van der Waals surface area contributed by atoms with Crippen molar-refractivity contribution in [2.75, 3.05) is 6.54 Å². The summed E-state index contributed by atoms with van der Waals surface area (Å²) in [6.07, 6.45) is 3.97. The Hall–Kier alpha value is -3.50. The number of amides is 1. The van der Waals surface area contributed by atoms with Crippen molar-refractivity contribution in [3.63, 3.8) is 0 Å². The lowest BCUT2D eigenvalue weighted by Crippen LogP contribution is -2.35. The fraction of sp³-hybridized carbons (Fsp3) is 0.261. The Labute approximate surface area is 191 Å². The predicted octanol–water partition coefficient (Wildman–Crippen LogP) is 2.28. The van der Waals surface area contributed by atoms with Gasteiger partial charge < -0.3 is 9.88 Å². The van der Waals surface area contributed by atoms with Crippen molar-refractivity contribution in [2.45, 2.75) is 31.3 Å². The minimum absolute atomic E-state index is 0.149. The Balaban J connectivity index is 1.38. The molecule has 0 unspecified atom stereocenters. The summed E-state index contributed by atoms with van der Waals surface area (Å²) in [6, 6.07) is 11.1. The first kappa shape index (κ1) is 21.4. The van der Waals surface area contributed by atoms with Gasteiger partial charge in [-0.1, -0.05) is 18.2 Å². The Bertz CT molecular complexity index is 1470. The van der Waals surface area contributed by atoms with Crippen molar-refractivity contribution in [3.05, 3.63) is 77.0 Å². The van der Waals surface area contributed by atoms with Gasteiger partial charge in [-0.25, -0.2) is 8.42 Å². The molecule has 4 aromatic rings. The van der Waals surface area contributed by atoms with E-state index < -0.39 is 10.0 Å². The lowest BCUT2D eigenvalue weighted by molar-refractivity contribution is 0.0942. The van der Waals surface area contributed by atoms with Gasteiger partial charge in [0, 0.05) is 61.6 Å². The Morgan fingerprint density at radius 1 is 1.24 bits per heavy atom. The molecule has 4 heterocycles. The predicted molar refractivity (Wildman–Crippen MR) is 123 cm³/mol. The first-order chi connectivity index (χ1) is 15.9. The second-order valence-corrected chi connectivity index (χ2v) is 10.1. The molecular formula is C23H24N6O3S. The number of benzene rings is 1. The summed E-state index contributed by atoms with van der Waals surface area (Å²) < 4.78 is 29.9. The summed E-state index contributed by atoms with van der Waals surface area (Å²) in [4.78, 5) is 17.5. The van der Waals surface area contributed by atoms with E-state index in [9.17, 15) is 13.2 Å². The van der Waals surface area contributed by atoms with Crippen molar-refractivity contribution in [1.29, 1.82) is 0 Å². The van der Waals surface area contributed by atoms with Crippen molar-refractivity contribution < 1.29 is 13.2 Å². The van der Waals surface area contributed by atoms with E-state index in [0.717, 1.165) is 27.7 Å². The van der Waals surface area contributed by atoms with Crippen LogP contribution in [-0.2, 0) is 36.6 Å². The van der Waals surface area contributed by atoms with Crippen LogP contribution in [-0.4, -0.2) is 44.9 Å². The monoisotopic (exact) mass is 464 g/mol. The number of fused-ring (bicyclic) bond motifs is 2. The second-order valence-electron chi connectivity index (χ2n) is 8.17. The van der Waals surface area contributed by atoms with Crippen LogP contribution in [0.15, 0.2) is 53.7 Å². The van der Waals surface area contributed by atoms with Gasteiger partial charge in [0.2, 0.25) is 10.0 Å². The van der Waals surface area contributed by atoms with Gasteiger partial charge in [-0.05, 0) is 30.7 Å². The molecule has 0 saturated heterocycles. The number of pyridine rings is 1. The number of aromatic amines is 1. The Morgan fingerprint density at radius 2 is 2.09 bits per heavy atom. The summed E-state index contributed by atoms with van der Waals surface area (Å²) in [6.45, 7) is 2.65. The average molecular weight is 465 g/mol. The minimum Gasteiger partial charge on any atom is -0.347 e. The van der Waals surface area contributed by atoms with E-state index in [2.05, 4.69) is 20.5 Å². The number of hydrogen-bond donors (Lipinski definition) is 2. The number of sulfonamides is 1. The summed E-state index contributed by atoms with van der Waals surface area (Å²) in [7, 11) is -2.06. The van der Waals surface area contributed by atoms with Gasteiger partial charge in [0.05, 0.1) is 11.7 Å². The van der Waals surface area contributed by atoms with Gasteiger partial charge in [0.15, 0.2) is 0 Å². The number of nitrogens with one attached hydrogen (secondary N) is 2. The maximum absolute atomic E-state index is 13.4. The molecule has 0 saturated carbocycles. The number of aromatic nitrogens is 4. The molecule has 170 valence electrons. The molecule has 0 bridgehead atoms. The fourth-order valence-corrected chi connectivity index (χ4v) is 5.97. The first-order valence-corrected chi connectivity index (χ1v) is 12.1. The standard InChI is InChI=1S/C23H24N6O3S/c1-15-22(33(31,32)29-10-8-19-17(14-29)13-26-27-19)11-21(28(15)2)23(30)25-12-16-5-3-7-20-18(16)6-4-9-24-20/h3-7,9,11,13H,8,10,12,14H2,1-2H3,(H,25,30)(H,26,27). The summed E-state index contributed by atoms with van der Waals surface area (Å²) in [5.41, 5.74) is 4.46. The lowest BCUT2D eigenvalue weighted by atomic mass is 10.1. The van der Waals surface area contributed by atoms with Gasteiger partial charge in [-0.15, -0.1) is 0 Å². The molecule has 0 radical (unpaired) electrons. The van der Waals surface area contributed by atoms with Crippen LogP contribution in [0, 0.1) is 6.92 Å². The van der Waals surface area contributed by atoms with Gasteiger partial charge in [-0.3, -0.25) is 14.9 Å². The SMILES string of the molecule is Cc1c(S(=O)(=O)N2CCc3[nH]ncc3C2)cc(C(=O)NCc2cccc3ncccc23)n1C. The number of carbonyl (C=O) groups excluding carboxylic acids is 1. The third-order valence-corrected chi connectivity index (χ3v) is 8.24. The molecule has 9 nitrogen and oxygen atoms in total. The number of carbonyl (C=O) groups is 1. The van der Waals surface area contributed by atoms with Crippen LogP contribution in [0.1, 0.15) is 33.0 Å². The van der Waals surface area contributed by atoms with Crippen LogP contribution < -0.4 is 5.32 Å². The molecule has 0 spiro atoms. The highest BCUT2D eigenvalue weighted by atomic mass is 32.2. The van der Waals surface area contributed by atoms with Crippen LogP contribution in [0.25, 0.3) is 10.9 Å². The maximum Gasteiger partial charge on any atom is 0.268 e. The zero-order chi connectivity index (χ0) is 23.2. The van der Waals surface area contributed by atoms with Crippen molar-refractivity contribution in [3.8, 4) is 0 Å². The summed E-state index contributed by atoms with van der Waals surface area (Å²) >= 11 is 0. The van der Waals surface area contributed by atoms with Gasteiger partial charge in [0.25, 0.3) is 5.91 Å². The van der Waals surface area contributed by atoms with E-state index >= 15 is 0 Å². The zero-order valence-electron chi connectivity index (χ0n) is 18.4. The quantitative estimate of drug-likeness (QED) is 0.471. The lowest BCUT2D eigenvalue weighted by Gasteiger charge is -2.25. The smallest absolute Gasteiger partial charge is 0.268 e. The molecule has 3 aromatic heterocycles. The molecule has 2 N–H and O–H groups in total. The first-order valence-electron chi connectivity index (χ1n) is 10.6. The van der Waals surface area contributed by atoms with Crippen LogP contribution in [0.5, 0.6) is 0 Å². The van der Waals surface area contributed by atoms with E-state index in [1.807, 2.05) is 30.3 Å². The normalized spacial score (nSPS) is 14.4. The fourth-order valence-electron chi connectivity index (χ4n) is 4.28. The molecule has 0 fully saturated rings. The van der Waals surface area contributed by atoms with E-state index in [4.69, 9.17) is 0 Å². The summed E-state index contributed by atoms with van der Waals surface area (Å²) in [5, 5.41) is 10.8. The Kier molecular flexibility index (Phi) is 5.26. The highest BCUT2D eigenvalue weighted by Crippen LogP contribution is 2.27. The molecule has 0 atom stereocenters. The molecule has 1 amide bonds. The number of H-pyrrole nitrogens is 1. The van der Waals surface area contributed by atoms with E-state index in [0.29, 0.717) is 30.9 Å². The van der Waals surface area contributed by atoms with Gasteiger partial charge >= 0.3 is 0 Å². The van der Waals surface area contributed by atoms with E-state index in [1.54, 1.807) is 30.9 Å².